The number of rotatable bonds is 27. The number of halogens is 2. The minimum atomic E-state index is -0.689. The van der Waals surface area contributed by atoms with Crippen LogP contribution in [0.4, 0.5) is 8.78 Å². The van der Waals surface area contributed by atoms with Gasteiger partial charge >= 0.3 is 0 Å². The molecule has 6 aromatic rings. The number of fused-ring (bicyclic) bond motifs is 1. The lowest BCUT2D eigenvalue weighted by atomic mass is 9.88. The molecule has 21 heteroatoms. The van der Waals surface area contributed by atoms with E-state index in [0.29, 0.717) is 70.7 Å². The van der Waals surface area contributed by atoms with E-state index in [1.165, 1.54) is 52.8 Å². The molecule has 7 heterocycles. The summed E-state index contributed by atoms with van der Waals surface area (Å²) in [4.78, 5) is 70.6. The van der Waals surface area contributed by atoms with Crippen LogP contribution in [0.1, 0.15) is 59.7 Å². The van der Waals surface area contributed by atoms with Crippen LogP contribution in [-0.4, -0.2) is 179 Å². The molecule has 0 saturated carbocycles. The number of hydrogen-bond acceptors (Lipinski definition) is 14. The molecule has 2 fully saturated rings. The Hall–Kier alpha value is -6.46. The summed E-state index contributed by atoms with van der Waals surface area (Å²) in [7, 11) is 1.72. The molecule has 0 bridgehead atoms. The largest absolute Gasteiger partial charge is 0.379 e. The highest BCUT2D eigenvalue weighted by Gasteiger charge is 2.42. The number of Topliss-reactive ketones (excluding diaryl/α,β-unsaturated/α-hetero) is 1. The molecule has 3 aliphatic heterocycles. The molecule has 0 aliphatic carbocycles. The molecule has 3 N–H and O–H groups in total. The van der Waals surface area contributed by atoms with Gasteiger partial charge in [-0.15, -0.1) is 11.8 Å². The zero-order chi connectivity index (χ0) is 54.4. The van der Waals surface area contributed by atoms with Gasteiger partial charge in [-0.3, -0.25) is 24.2 Å². The van der Waals surface area contributed by atoms with Gasteiger partial charge in [0.15, 0.2) is 5.78 Å². The van der Waals surface area contributed by atoms with Crippen molar-refractivity contribution in [1.29, 1.82) is 0 Å². The molecule has 4 aromatic heterocycles. The zero-order valence-corrected chi connectivity index (χ0v) is 44.9. The Balaban J connectivity index is 0.621. The number of aromatic nitrogens is 5. The average molecular weight is 1090 g/mol. The van der Waals surface area contributed by atoms with Crippen molar-refractivity contribution in [2.24, 2.45) is 10.9 Å². The van der Waals surface area contributed by atoms with Crippen LogP contribution < -0.4 is 10.6 Å². The molecule has 1 unspecified atom stereocenters. The lowest BCUT2D eigenvalue weighted by Crippen LogP contribution is -2.58. The monoisotopic (exact) mass is 1090 g/mol. The number of benzene rings is 2. The van der Waals surface area contributed by atoms with Crippen molar-refractivity contribution in [3.8, 4) is 22.3 Å². The number of likely N-dealkylation sites (N-methyl/N-ethyl adjacent to an activating group) is 1. The summed E-state index contributed by atoms with van der Waals surface area (Å²) < 4.78 is 53.4. The van der Waals surface area contributed by atoms with Gasteiger partial charge in [0.1, 0.15) is 29.4 Å². The minimum Gasteiger partial charge on any atom is -0.379 e. The summed E-state index contributed by atoms with van der Waals surface area (Å²) in [5, 5.41) is 12.1. The number of carbonyl (C=O) groups is 4. The summed E-state index contributed by atoms with van der Waals surface area (Å²) in [6, 6.07) is 14.1. The van der Waals surface area contributed by atoms with E-state index in [4.69, 9.17) is 23.9 Å². The fraction of sp³-hybridized carbons (Fsp3) is 0.456. The molecule has 3 aliphatic rings. The Kier molecular flexibility index (Phi) is 19.8. The van der Waals surface area contributed by atoms with E-state index >= 15 is 0 Å². The van der Waals surface area contributed by atoms with Crippen LogP contribution in [0.5, 0.6) is 0 Å². The number of carbonyl (C=O) groups excluding carboxylic acids is 4. The smallest absolute Gasteiger partial charge is 0.249 e. The second-order valence-electron chi connectivity index (χ2n) is 19.8. The van der Waals surface area contributed by atoms with E-state index in [-0.39, 0.29) is 54.3 Å². The Morgan fingerprint density at radius 2 is 1.56 bits per heavy atom. The van der Waals surface area contributed by atoms with Crippen molar-refractivity contribution in [2.45, 2.75) is 69.7 Å². The Bertz CT molecular complexity index is 3010. The van der Waals surface area contributed by atoms with E-state index in [1.54, 1.807) is 38.6 Å². The van der Waals surface area contributed by atoms with Crippen LogP contribution in [-0.2, 0) is 35.1 Å². The zero-order valence-electron chi connectivity index (χ0n) is 44.1. The van der Waals surface area contributed by atoms with Gasteiger partial charge in [-0.05, 0) is 113 Å². The summed E-state index contributed by atoms with van der Waals surface area (Å²) in [6.45, 7) is 8.25. The lowest BCUT2D eigenvalue weighted by Gasteiger charge is -2.38. The van der Waals surface area contributed by atoms with Crippen LogP contribution >= 0.6 is 11.8 Å². The quantitative estimate of drug-likeness (QED) is 0.0373. The third-order valence-corrected chi connectivity index (χ3v) is 15.7. The predicted molar refractivity (Wildman–Crippen MR) is 294 cm³/mol. The highest BCUT2D eigenvalue weighted by atomic mass is 32.2. The van der Waals surface area contributed by atoms with Gasteiger partial charge in [0, 0.05) is 89.6 Å². The second-order valence-corrected chi connectivity index (χ2v) is 20.9. The highest BCUT2D eigenvalue weighted by Crippen LogP contribution is 2.34. The van der Waals surface area contributed by atoms with Gasteiger partial charge in [0.05, 0.1) is 82.6 Å². The SMILES string of the molecule is CN[C@@H](C)C(=O)N[C@H](C(=O)N1CCC[C@H]1C1=NC(C(=O)c2ccc(F)cc2)CS1)C1CCN(CCOCCOCCOCCOCCC(=O)n2cc(-c3cnc4[nH]cc(-c5ccn(Cc6cccc(F)c6)c5)c4c3)cn2)CC1. The normalized spacial score (nSPS) is 17.9. The number of hydrogen-bond donors (Lipinski definition) is 3. The Morgan fingerprint density at radius 3 is 2.31 bits per heavy atom. The number of piperidine rings is 1. The van der Waals surface area contributed by atoms with Crippen molar-refractivity contribution >= 4 is 51.3 Å². The number of thioether (sulfide) groups is 1. The summed E-state index contributed by atoms with van der Waals surface area (Å²) in [5.41, 5.74) is 5.58. The molecule has 18 nitrogen and oxygen atoms in total. The molecule has 0 radical (unpaired) electrons. The molecular weight excluding hydrogens is 1020 g/mol. The topological polar surface area (TPSA) is 200 Å². The number of likely N-dealkylation sites (tertiary alicyclic amines) is 2. The van der Waals surface area contributed by atoms with E-state index in [0.717, 1.165) is 89.2 Å². The molecule has 2 amide bonds. The van der Waals surface area contributed by atoms with E-state index in [9.17, 15) is 28.0 Å². The first-order valence-electron chi connectivity index (χ1n) is 26.8. The first kappa shape index (κ1) is 56.3. The van der Waals surface area contributed by atoms with Gasteiger partial charge in [-0.25, -0.2) is 18.4 Å². The van der Waals surface area contributed by atoms with Gasteiger partial charge in [-0.2, -0.15) is 5.10 Å². The summed E-state index contributed by atoms with van der Waals surface area (Å²) in [5.74, 6) is -0.950. The molecule has 0 spiro atoms. The van der Waals surface area contributed by atoms with Crippen LogP contribution in [0.15, 0.2) is 103 Å². The van der Waals surface area contributed by atoms with Crippen molar-refractivity contribution in [2.75, 3.05) is 91.8 Å². The number of aromatic amines is 1. The second kappa shape index (κ2) is 27.4. The fourth-order valence-electron chi connectivity index (χ4n) is 10.1. The van der Waals surface area contributed by atoms with Crippen molar-refractivity contribution in [3.63, 3.8) is 0 Å². The third-order valence-electron chi connectivity index (χ3n) is 14.6. The van der Waals surface area contributed by atoms with Crippen LogP contribution in [0, 0.1) is 17.6 Å². The molecule has 2 saturated heterocycles. The number of H-pyrrole nitrogens is 1. The van der Waals surface area contributed by atoms with Gasteiger partial charge in [-0.1, -0.05) is 12.1 Å². The molecule has 9 rings (SSSR count). The molecule has 4 atom stereocenters. The van der Waals surface area contributed by atoms with Crippen LogP contribution in [0.3, 0.4) is 0 Å². The first-order valence-corrected chi connectivity index (χ1v) is 27.8. The number of nitrogens with zero attached hydrogens (tertiary/aromatic N) is 7. The van der Waals surface area contributed by atoms with E-state index in [1.807, 2.05) is 46.3 Å². The van der Waals surface area contributed by atoms with Gasteiger partial charge in [0.25, 0.3) is 0 Å². The maximum Gasteiger partial charge on any atom is 0.249 e. The lowest BCUT2D eigenvalue weighted by molar-refractivity contribution is -0.138. The predicted octanol–water partition coefficient (Wildman–Crippen LogP) is 6.51. The Labute approximate surface area is 456 Å². The number of pyridine rings is 1. The number of amides is 2. The fourth-order valence-corrected chi connectivity index (χ4v) is 11.3. The molecule has 414 valence electrons. The Morgan fingerprint density at radius 1 is 0.821 bits per heavy atom. The summed E-state index contributed by atoms with van der Waals surface area (Å²) in [6.07, 6.45) is 14.2. The van der Waals surface area contributed by atoms with E-state index < -0.39 is 23.9 Å². The maximum absolute atomic E-state index is 14.4. The van der Waals surface area contributed by atoms with Crippen molar-refractivity contribution < 1.29 is 46.9 Å². The standard InChI is InChI=1S/C57H68F2N10O8S/c1-38(60-2)55(72)65-52(57(73)68-16-4-7-50(68)56-64-49(37-78-56)53(71)41-8-10-45(58)11-9-41)40-12-17-66(18-13-40)20-22-75-24-26-77-28-27-76-25-23-74-21-15-51(70)69-36-44(32-63-69)43-30-47-48(33-62-54(47)61-31-43)42-14-19-67(35-42)34-39-5-3-6-46(59)29-39/h3,5-6,8-11,14,19,29-33,35-36,38,40,49-50,52,60H,4,7,12-13,15-18,20-28,34,37H2,1-2H3,(H,61,62)(H,65,72)/t38-,49?,50-,52-/m0/s1. The highest BCUT2D eigenvalue weighted by molar-refractivity contribution is 8.14. The molecular formula is C57H68F2N10O8S. The number of ketones is 1. The van der Waals surface area contributed by atoms with Crippen LogP contribution in [0.25, 0.3) is 33.3 Å². The first-order chi connectivity index (χ1) is 38.0. The third kappa shape index (κ3) is 14.6. The number of ether oxygens (including phenoxy) is 4. The number of nitrogens with one attached hydrogen (secondary N) is 3. The minimum absolute atomic E-state index is 0.0506. The maximum atomic E-state index is 14.4. The van der Waals surface area contributed by atoms with E-state index in [2.05, 4.69) is 30.6 Å². The average Bonchev–Trinajstić information content (AvgIpc) is 4.45. The number of aliphatic imine (C=N–C) groups is 1. The molecule has 2 aromatic carbocycles. The summed E-state index contributed by atoms with van der Waals surface area (Å²) >= 11 is 1.50. The van der Waals surface area contributed by atoms with Gasteiger partial charge < -0.3 is 48.9 Å². The van der Waals surface area contributed by atoms with Crippen molar-refractivity contribution in [3.05, 3.63) is 121 Å². The molecule has 78 heavy (non-hydrogen) atoms. The van der Waals surface area contributed by atoms with Crippen molar-refractivity contribution in [1.82, 2.24) is 44.7 Å². The van der Waals surface area contributed by atoms with Gasteiger partial charge in [0.2, 0.25) is 17.7 Å². The van der Waals surface area contributed by atoms with Crippen LogP contribution in [0.2, 0.25) is 0 Å².